The summed E-state index contributed by atoms with van der Waals surface area (Å²) in [6.45, 7) is 0.0930. The first kappa shape index (κ1) is 20.2. The van der Waals surface area contributed by atoms with Crippen LogP contribution in [0.15, 0.2) is 42.5 Å². The van der Waals surface area contributed by atoms with Gasteiger partial charge in [-0.05, 0) is 12.1 Å². The number of carbonyl (C=O) groups is 4. The molecule has 1 aliphatic rings. The Labute approximate surface area is 157 Å². The maximum absolute atomic E-state index is 12.8. The van der Waals surface area contributed by atoms with Crippen LogP contribution >= 0.6 is 0 Å². The molecule has 1 aromatic carbocycles. The van der Waals surface area contributed by atoms with Crippen molar-refractivity contribution in [1.29, 1.82) is 0 Å². The highest BCUT2D eigenvalue weighted by atomic mass is 16.5. The predicted molar refractivity (Wildman–Crippen MR) is 95.6 cm³/mol. The summed E-state index contributed by atoms with van der Waals surface area (Å²) in [5.41, 5.74) is 0.451. The summed E-state index contributed by atoms with van der Waals surface area (Å²) in [5.74, 6) is -1.97. The zero-order valence-electron chi connectivity index (χ0n) is 15.5. The first-order valence-corrected chi connectivity index (χ1v) is 8.37. The summed E-state index contributed by atoms with van der Waals surface area (Å²) >= 11 is 0. The summed E-state index contributed by atoms with van der Waals surface area (Å²) in [4.78, 5) is 51.0. The van der Waals surface area contributed by atoms with Crippen LogP contribution in [-0.2, 0) is 23.9 Å². The van der Waals surface area contributed by atoms with Crippen LogP contribution in [0.5, 0.6) is 0 Å². The van der Waals surface area contributed by atoms with Crippen molar-refractivity contribution in [2.75, 3.05) is 27.7 Å². The topological polar surface area (TPSA) is 93.2 Å². The molecule has 2 atom stereocenters. The van der Waals surface area contributed by atoms with E-state index < -0.39 is 24.1 Å². The van der Waals surface area contributed by atoms with Crippen molar-refractivity contribution < 1.29 is 28.7 Å². The van der Waals surface area contributed by atoms with Crippen molar-refractivity contribution in [3.8, 4) is 0 Å². The number of likely N-dealkylation sites (N-methyl/N-ethyl adjacent to an activating group) is 1. The van der Waals surface area contributed by atoms with E-state index >= 15 is 0 Å². The van der Waals surface area contributed by atoms with E-state index in [1.807, 2.05) is 0 Å². The molecule has 8 heteroatoms. The Morgan fingerprint density at radius 2 is 1.70 bits per heavy atom. The lowest BCUT2D eigenvalue weighted by Crippen LogP contribution is -2.45. The first-order valence-electron chi connectivity index (χ1n) is 8.37. The number of hydrogen-bond acceptors (Lipinski definition) is 6. The van der Waals surface area contributed by atoms with Gasteiger partial charge < -0.3 is 19.3 Å². The molecule has 2 amide bonds. The molecule has 1 heterocycles. The predicted octanol–water partition coefficient (Wildman–Crippen LogP) is 0.630. The highest BCUT2D eigenvalue weighted by molar-refractivity contribution is 5.98. The standard InChI is InChI=1S/C19H22N2O6/c1-20(2)19(25)15-11-14(27-17(23)10-9-16(22)26-3)12-21(15)18(24)13-7-5-4-6-8-13/h4-10,14-15H,11-12H2,1-3H3/b10-9+/t14-,15+/m1/s1. The Balaban J connectivity index is 2.14. The molecule has 1 fully saturated rings. The van der Waals surface area contributed by atoms with Crippen molar-refractivity contribution in [3.63, 3.8) is 0 Å². The van der Waals surface area contributed by atoms with Crippen molar-refractivity contribution in [1.82, 2.24) is 9.80 Å². The first-order chi connectivity index (χ1) is 12.8. The third-order valence-electron chi connectivity index (χ3n) is 4.11. The van der Waals surface area contributed by atoms with E-state index in [0.717, 1.165) is 12.2 Å². The molecule has 0 spiro atoms. The van der Waals surface area contributed by atoms with E-state index in [2.05, 4.69) is 4.74 Å². The maximum atomic E-state index is 12.8. The fourth-order valence-corrected chi connectivity index (χ4v) is 2.79. The molecule has 0 aromatic heterocycles. The number of hydrogen-bond donors (Lipinski definition) is 0. The van der Waals surface area contributed by atoms with Gasteiger partial charge in [0.2, 0.25) is 5.91 Å². The minimum absolute atomic E-state index is 0.0930. The molecule has 0 N–H and O–H groups in total. The third-order valence-corrected chi connectivity index (χ3v) is 4.11. The third kappa shape index (κ3) is 5.16. The Bertz CT molecular complexity index is 744. The second-order valence-corrected chi connectivity index (χ2v) is 6.22. The number of likely N-dealkylation sites (tertiary alicyclic amines) is 1. The number of carbonyl (C=O) groups excluding carboxylic acids is 4. The average Bonchev–Trinajstić information content (AvgIpc) is 3.08. The van der Waals surface area contributed by atoms with Crippen LogP contribution in [0.25, 0.3) is 0 Å². The molecule has 0 unspecified atom stereocenters. The lowest BCUT2D eigenvalue weighted by Gasteiger charge is -2.25. The largest absolute Gasteiger partial charge is 0.466 e. The second-order valence-electron chi connectivity index (χ2n) is 6.22. The summed E-state index contributed by atoms with van der Waals surface area (Å²) < 4.78 is 9.69. The monoisotopic (exact) mass is 374 g/mol. The van der Waals surface area contributed by atoms with Crippen molar-refractivity contribution >= 4 is 23.8 Å². The average molecular weight is 374 g/mol. The molecule has 27 heavy (non-hydrogen) atoms. The Morgan fingerprint density at radius 3 is 2.30 bits per heavy atom. The number of rotatable bonds is 5. The number of ether oxygens (including phenoxy) is 2. The minimum Gasteiger partial charge on any atom is -0.466 e. The molecule has 144 valence electrons. The zero-order valence-corrected chi connectivity index (χ0v) is 15.5. The molecular weight excluding hydrogens is 352 g/mol. The van der Waals surface area contributed by atoms with E-state index in [4.69, 9.17) is 4.74 Å². The fourth-order valence-electron chi connectivity index (χ4n) is 2.79. The van der Waals surface area contributed by atoms with Gasteiger partial charge in [-0.3, -0.25) is 9.59 Å². The van der Waals surface area contributed by atoms with Crippen molar-refractivity contribution in [2.45, 2.75) is 18.6 Å². The summed E-state index contributed by atoms with van der Waals surface area (Å²) in [7, 11) is 4.40. The maximum Gasteiger partial charge on any atom is 0.331 e. The number of nitrogens with zero attached hydrogens (tertiary/aromatic N) is 2. The summed E-state index contributed by atoms with van der Waals surface area (Å²) in [6.07, 6.45) is 1.44. The molecule has 0 bridgehead atoms. The van der Waals surface area contributed by atoms with Crippen LogP contribution in [0.4, 0.5) is 0 Å². The lowest BCUT2D eigenvalue weighted by molar-refractivity contribution is -0.143. The highest BCUT2D eigenvalue weighted by Gasteiger charge is 2.42. The van der Waals surface area contributed by atoms with Gasteiger partial charge in [-0.1, -0.05) is 18.2 Å². The Hall–Kier alpha value is -3.16. The van der Waals surface area contributed by atoms with Crippen molar-refractivity contribution in [3.05, 3.63) is 48.0 Å². The lowest BCUT2D eigenvalue weighted by atomic mass is 10.1. The summed E-state index contributed by atoms with van der Waals surface area (Å²) in [5, 5.41) is 0. The minimum atomic E-state index is -0.740. The molecule has 0 saturated carbocycles. The molecular formula is C19H22N2O6. The van der Waals surface area contributed by atoms with E-state index in [-0.39, 0.29) is 24.8 Å². The van der Waals surface area contributed by atoms with Gasteiger partial charge in [0.1, 0.15) is 12.1 Å². The van der Waals surface area contributed by atoms with Crippen molar-refractivity contribution in [2.24, 2.45) is 0 Å². The van der Waals surface area contributed by atoms with E-state index in [0.29, 0.717) is 5.56 Å². The van der Waals surface area contributed by atoms with E-state index in [1.165, 1.54) is 16.9 Å². The quantitative estimate of drug-likeness (QED) is 0.554. The van der Waals surface area contributed by atoms with Crippen LogP contribution in [-0.4, -0.2) is 73.4 Å². The van der Waals surface area contributed by atoms with E-state index in [9.17, 15) is 19.2 Å². The highest BCUT2D eigenvalue weighted by Crippen LogP contribution is 2.24. The SMILES string of the molecule is COC(=O)/C=C/C(=O)O[C@@H]1C[C@@H](C(=O)N(C)C)N(C(=O)c2ccccc2)C1. The molecule has 8 nitrogen and oxygen atoms in total. The zero-order chi connectivity index (χ0) is 20.0. The number of amides is 2. The summed E-state index contributed by atoms with van der Waals surface area (Å²) in [6, 6.07) is 7.87. The fraction of sp³-hybridized carbons (Fsp3) is 0.368. The molecule has 0 radical (unpaired) electrons. The van der Waals surface area contributed by atoms with Gasteiger partial charge in [0.25, 0.3) is 5.91 Å². The van der Waals surface area contributed by atoms with Gasteiger partial charge in [0.15, 0.2) is 0 Å². The van der Waals surface area contributed by atoms with Gasteiger partial charge >= 0.3 is 11.9 Å². The van der Waals surface area contributed by atoms with Crippen LogP contribution in [0.2, 0.25) is 0 Å². The van der Waals surface area contributed by atoms with Gasteiger partial charge in [0.05, 0.1) is 13.7 Å². The molecule has 1 aromatic rings. The van der Waals surface area contributed by atoms with Crippen LogP contribution in [0.1, 0.15) is 16.8 Å². The number of methoxy groups -OCH3 is 1. The van der Waals surface area contributed by atoms with Gasteiger partial charge in [-0.25, -0.2) is 9.59 Å². The van der Waals surface area contributed by atoms with Gasteiger partial charge in [0, 0.05) is 38.2 Å². The molecule has 1 aliphatic heterocycles. The van der Waals surface area contributed by atoms with Crippen LogP contribution in [0, 0.1) is 0 Å². The molecule has 2 rings (SSSR count). The molecule has 0 aliphatic carbocycles. The molecule has 1 saturated heterocycles. The van der Waals surface area contributed by atoms with Crippen LogP contribution in [0.3, 0.4) is 0 Å². The smallest absolute Gasteiger partial charge is 0.331 e. The Kier molecular flexibility index (Phi) is 6.70. The van der Waals surface area contributed by atoms with Gasteiger partial charge in [-0.15, -0.1) is 0 Å². The Morgan fingerprint density at radius 1 is 1.07 bits per heavy atom. The second kappa shape index (κ2) is 8.98. The normalized spacial score (nSPS) is 19.0. The van der Waals surface area contributed by atoms with E-state index in [1.54, 1.807) is 44.4 Å². The van der Waals surface area contributed by atoms with Gasteiger partial charge in [-0.2, -0.15) is 0 Å². The van der Waals surface area contributed by atoms with Crippen LogP contribution < -0.4 is 0 Å². The number of benzene rings is 1. The number of esters is 2.